The lowest BCUT2D eigenvalue weighted by atomic mass is 10.3. The fourth-order valence-corrected chi connectivity index (χ4v) is 2.08. The molecule has 0 aliphatic heterocycles. The molecule has 4 nitrogen and oxygen atoms in total. The van der Waals surface area contributed by atoms with Crippen molar-refractivity contribution in [3.63, 3.8) is 0 Å². The Morgan fingerprint density at radius 1 is 1.39 bits per heavy atom. The van der Waals surface area contributed by atoms with Crippen LogP contribution in [0, 0.1) is 0 Å². The lowest BCUT2D eigenvalue weighted by Gasteiger charge is -2.00. The molecule has 2 aromatic rings. The number of hydrogen-bond acceptors (Lipinski definition) is 4. The Morgan fingerprint density at radius 3 is 2.89 bits per heavy atom. The number of nitrogens with one attached hydrogen (secondary N) is 2. The lowest BCUT2D eigenvalue weighted by Crippen LogP contribution is -1.91. The van der Waals surface area contributed by atoms with Crippen LogP contribution in [0.3, 0.4) is 0 Å². The molecule has 0 spiro atoms. The minimum absolute atomic E-state index is 0.668. The second-order valence-corrected chi connectivity index (χ2v) is 4.82. The van der Waals surface area contributed by atoms with E-state index in [0.717, 1.165) is 16.6 Å². The van der Waals surface area contributed by atoms with Gasteiger partial charge in [0.1, 0.15) is 0 Å². The van der Waals surface area contributed by atoms with Crippen molar-refractivity contribution in [2.45, 2.75) is 19.0 Å². The third kappa shape index (κ3) is 3.63. The summed E-state index contributed by atoms with van der Waals surface area (Å²) in [5, 5.41) is 11.0. The standard InChI is InChI=1S/C13H16N4S/c1-3-10(2)9-18-13-15-12(16-17-13)14-11-7-5-4-6-8-11/h3-8H,9H2,1-2H3,(H2,14,15,16,17). The van der Waals surface area contributed by atoms with Crippen LogP contribution in [0.15, 0.2) is 47.1 Å². The minimum atomic E-state index is 0.668. The van der Waals surface area contributed by atoms with Crippen molar-refractivity contribution in [3.05, 3.63) is 42.0 Å². The molecule has 1 heterocycles. The average Bonchev–Trinajstić information content (AvgIpc) is 2.85. The van der Waals surface area contributed by atoms with E-state index in [-0.39, 0.29) is 0 Å². The van der Waals surface area contributed by atoms with Crippen molar-refractivity contribution < 1.29 is 0 Å². The van der Waals surface area contributed by atoms with Crippen LogP contribution in [0.5, 0.6) is 0 Å². The molecule has 0 fully saturated rings. The third-order valence-corrected chi connectivity index (χ3v) is 3.46. The molecule has 0 radical (unpaired) electrons. The van der Waals surface area contributed by atoms with Crippen LogP contribution in [0.2, 0.25) is 0 Å². The van der Waals surface area contributed by atoms with Gasteiger partial charge in [-0.2, -0.15) is 4.98 Å². The number of benzene rings is 1. The number of para-hydroxylation sites is 1. The minimum Gasteiger partial charge on any atom is -0.325 e. The quantitative estimate of drug-likeness (QED) is 0.637. The highest BCUT2D eigenvalue weighted by molar-refractivity contribution is 7.99. The molecule has 5 heteroatoms. The average molecular weight is 260 g/mol. The van der Waals surface area contributed by atoms with E-state index in [0.29, 0.717) is 5.95 Å². The number of aromatic amines is 1. The normalized spacial score (nSPS) is 11.6. The predicted molar refractivity (Wildman–Crippen MR) is 76.3 cm³/mol. The monoisotopic (exact) mass is 260 g/mol. The van der Waals surface area contributed by atoms with Crippen molar-refractivity contribution >= 4 is 23.4 Å². The van der Waals surface area contributed by atoms with E-state index in [1.807, 2.05) is 37.3 Å². The smallest absolute Gasteiger partial charge is 0.223 e. The summed E-state index contributed by atoms with van der Waals surface area (Å²) >= 11 is 1.62. The third-order valence-electron chi connectivity index (χ3n) is 2.42. The largest absolute Gasteiger partial charge is 0.325 e. The zero-order valence-corrected chi connectivity index (χ0v) is 11.3. The Hall–Kier alpha value is -1.75. The molecular weight excluding hydrogens is 244 g/mol. The molecule has 0 saturated carbocycles. The maximum absolute atomic E-state index is 4.37. The van der Waals surface area contributed by atoms with Gasteiger partial charge in [0.25, 0.3) is 0 Å². The van der Waals surface area contributed by atoms with Gasteiger partial charge in [-0.15, -0.1) is 5.10 Å². The summed E-state index contributed by atoms with van der Waals surface area (Å²) in [6.45, 7) is 4.14. The van der Waals surface area contributed by atoms with E-state index >= 15 is 0 Å². The number of allylic oxidation sites excluding steroid dienone is 1. The lowest BCUT2D eigenvalue weighted by molar-refractivity contribution is 0.974. The summed E-state index contributed by atoms with van der Waals surface area (Å²) in [5.74, 6) is 1.58. The van der Waals surface area contributed by atoms with Gasteiger partial charge in [-0.1, -0.05) is 41.6 Å². The van der Waals surface area contributed by atoms with Gasteiger partial charge in [0.2, 0.25) is 11.1 Å². The highest BCUT2D eigenvalue weighted by Crippen LogP contribution is 2.18. The number of aromatic nitrogens is 3. The maximum atomic E-state index is 4.37. The maximum Gasteiger partial charge on any atom is 0.223 e. The Kier molecular flexibility index (Phi) is 4.41. The highest BCUT2D eigenvalue weighted by Gasteiger charge is 2.03. The zero-order valence-electron chi connectivity index (χ0n) is 10.5. The SMILES string of the molecule is CC=C(C)CSc1n[nH]c(Nc2ccccc2)n1. The number of nitrogens with zero attached hydrogens (tertiary/aromatic N) is 2. The van der Waals surface area contributed by atoms with Crippen LogP contribution >= 0.6 is 11.8 Å². The molecule has 2 N–H and O–H groups in total. The van der Waals surface area contributed by atoms with Gasteiger partial charge in [0, 0.05) is 11.4 Å². The topological polar surface area (TPSA) is 53.6 Å². The first kappa shape index (κ1) is 12.7. The Bertz CT molecular complexity index is 519. The second kappa shape index (κ2) is 6.26. The van der Waals surface area contributed by atoms with Crippen LogP contribution in [-0.2, 0) is 0 Å². The first-order chi connectivity index (χ1) is 8.78. The van der Waals surface area contributed by atoms with Crippen molar-refractivity contribution in [1.82, 2.24) is 15.2 Å². The van der Waals surface area contributed by atoms with E-state index < -0.39 is 0 Å². The van der Waals surface area contributed by atoms with Crippen LogP contribution in [0.25, 0.3) is 0 Å². The number of H-pyrrole nitrogens is 1. The van der Waals surface area contributed by atoms with E-state index in [2.05, 4.69) is 33.5 Å². The van der Waals surface area contributed by atoms with Crippen molar-refractivity contribution in [2.75, 3.05) is 11.1 Å². The molecule has 0 unspecified atom stereocenters. The van der Waals surface area contributed by atoms with E-state index in [4.69, 9.17) is 0 Å². The van der Waals surface area contributed by atoms with E-state index in [1.54, 1.807) is 11.8 Å². The first-order valence-electron chi connectivity index (χ1n) is 5.77. The number of hydrogen-bond donors (Lipinski definition) is 2. The van der Waals surface area contributed by atoms with Gasteiger partial charge >= 0.3 is 0 Å². The van der Waals surface area contributed by atoms with Gasteiger partial charge in [-0.3, -0.25) is 0 Å². The fraction of sp³-hybridized carbons (Fsp3) is 0.231. The van der Waals surface area contributed by atoms with Crippen molar-refractivity contribution in [2.24, 2.45) is 0 Å². The summed E-state index contributed by atoms with van der Waals surface area (Å²) in [4.78, 5) is 4.37. The Labute approximate surface area is 111 Å². The van der Waals surface area contributed by atoms with Crippen LogP contribution in [-0.4, -0.2) is 20.9 Å². The number of rotatable bonds is 5. The molecule has 94 valence electrons. The molecule has 0 bridgehead atoms. The van der Waals surface area contributed by atoms with Crippen molar-refractivity contribution in [3.8, 4) is 0 Å². The summed E-state index contributed by atoms with van der Waals surface area (Å²) in [7, 11) is 0. The summed E-state index contributed by atoms with van der Waals surface area (Å²) in [5.41, 5.74) is 2.32. The van der Waals surface area contributed by atoms with Crippen LogP contribution in [0.1, 0.15) is 13.8 Å². The number of anilines is 2. The van der Waals surface area contributed by atoms with Gasteiger partial charge < -0.3 is 5.32 Å². The van der Waals surface area contributed by atoms with Crippen LogP contribution in [0.4, 0.5) is 11.6 Å². The number of thioether (sulfide) groups is 1. The Balaban J connectivity index is 1.94. The molecule has 0 saturated heterocycles. The summed E-state index contributed by atoms with van der Waals surface area (Å²) in [6, 6.07) is 9.90. The Morgan fingerprint density at radius 2 is 2.17 bits per heavy atom. The van der Waals surface area contributed by atoms with Gasteiger partial charge in [0.15, 0.2) is 0 Å². The predicted octanol–water partition coefficient (Wildman–Crippen LogP) is 3.61. The molecular formula is C13H16N4S. The summed E-state index contributed by atoms with van der Waals surface area (Å²) < 4.78 is 0. The van der Waals surface area contributed by atoms with Crippen LogP contribution < -0.4 is 5.32 Å². The van der Waals surface area contributed by atoms with Gasteiger partial charge in [0.05, 0.1) is 0 Å². The molecule has 0 amide bonds. The second-order valence-electron chi connectivity index (χ2n) is 3.88. The molecule has 0 aliphatic rings. The van der Waals surface area contributed by atoms with E-state index in [9.17, 15) is 0 Å². The zero-order chi connectivity index (χ0) is 12.8. The van der Waals surface area contributed by atoms with Crippen molar-refractivity contribution in [1.29, 1.82) is 0 Å². The molecule has 0 aliphatic carbocycles. The molecule has 1 aromatic carbocycles. The van der Waals surface area contributed by atoms with E-state index in [1.165, 1.54) is 5.57 Å². The summed E-state index contributed by atoms with van der Waals surface area (Å²) in [6.07, 6.45) is 2.10. The van der Waals surface area contributed by atoms with Gasteiger partial charge in [-0.05, 0) is 26.0 Å². The molecule has 1 aromatic heterocycles. The first-order valence-corrected chi connectivity index (χ1v) is 6.75. The van der Waals surface area contributed by atoms with Gasteiger partial charge in [-0.25, -0.2) is 5.10 Å². The fourth-order valence-electron chi connectivity index (χ4n) is 1.29. The molecule has 2 rings (SSSR count). The molecule has 18 heavy (non-hydrogen) atoms. The highest BCUT2D eigenvalue weighted by atomic mass is 32.2. The molecule has 0 atom stereocenters.